The maximum absolute atomic E-state index is 10.0. The summed E-state index contributed by atoms with van der Waals surface area (Å²) in [4.78, 5) is 9.49. The molecule has 0 amide bonds. The number of nitrogens with zero attached hydrogens (tertiary/aromatic N) is 1. The molecule has 0 bridgehead atoms. The van der Waals surface area contributed by atoms with Crippen LogP contribution in [-0.4, -0.2) is 10.0 Å². The fourth-order valence-corrected chi connectivity index (χ4v) is 0.607. The molecule has 0 saturated carbocycles. The van der Waals surface area contributed by atoms with E-state index < -0.39 is 4.92 Å². The molecule has 0 atom stereocenters. The number of nitro groups is 1. The predicted octanol–water partition coefficient (Wildman–Crippen LogP) is -1.58. The summed E-state index contributed by atoms with van der Waals surface area (Å²) in [7, 11) is 0. The van der Waals surface area contributed by atoms with Crippen LogP contribution in [0.1, 0.15) is 1.43 Å². The van der Waals surface area contributed by atoms with Crippen LogP contribution >= 0.6 is 0 Å². The topological polar surface area (TPSA) is 63.4 Å². The monoisotopic (exact) mass is 163 g/mol. The number of nitro benzene ring substituents is 1. The number of phenolic OH excluding ortho intramolecular Hbond substituents is 1. The van der Waals surface area contributed by atoms with Gasteiger partial charge in [0.2, 0.25) is 0 Å². The molecule has 0 fully saturated rings. The largest absolute Gasteiger partial charge is 1.00 e. The summed E-state index contributed by atoms with van der Waals surface area (Å²) >= 11 is 0. The van der Waals surface area contributed by atoms with Crippen LogP contribution in [-0.2, 0) is 0 Å². The summed E-state index contributed by atoms with van der Waals surface area (Å²) in [5.41, 5.74) is -0.0972. The fraction of sp³-hybridized carbons (Fsp3) is 0. The molecule has 0 spiro atoms. The zero-order chi connectivity index (χ0) is 7.56. The predicted molar refractivity (Wildman–Crippen MR) is 35.9 cm³/mol. The van der Waals surface area contributed by atoms with E-state index in [4.69, 9.17) is 5.11 Å². The van der Waals surface area contributed by atoms with Gasteiger partial charge in [0.1, 0.15) is 5.75 Å². The van der Waals surface area contributed by atoms with Gasteiger partial charge in [-0.2, -0.15) is 0 Å². The molecule has 0 unspecified atom stereocenters. The minimum Gasteiger partial charge on any atom is -1.00 e. The van der Waals surface area contributed by atoms with Gasteiger partial charge >= 0.3 is 29.6 Å². The van der Waals surface area contributed by atoms with E-state index in [0.29, 0.717) is 0 Å². The molecule has 1 aromatic carbocycles. The first-order valence-electron chi connectivity index (χ1n) is 2.63. The van der Waals surface area contributed by atoms with Crippen LogP contribution in [0.2, 0.25) is 0 Å². The minimum atomic E-state index is -0.556. The number of aromatic hydroxyl groups is 1. The standard InChI is InChI=1S/C6H5NO3.Na.H/c8-6-3-1-2-5(4-6)7(9)10;;/h1-4,8H;;/q;+1;-1. The third kappa shape index (κ3) is 2.88. The summed E-state index contributed by atoms with van der Waals surface area (Å²) in [6.07, 6.45) is 0. The molecule has 5 heteroatoms. The Hall–Kier alpha value is -0.580. The Balaban J connectivity index is 0. The zero-order valence-corrected chi connectivity index (χ0v) is 8.02. The fourth-order valence-electron chi connectivity index (χ4n) is 0.607. The van der Waals surface area contributed by atoms with Crippen molar-refractivity contribution in [3.63, 3.8) is 0 Å². The Morgan fingerprint density at radius 3 is 2.55 bits per heavy atom. The third-order valence-corrected chi connectivity index (χ3v) is 1.04. The summed E-state index contributed by atoms with van der Waals surface area (Å²) < 4.78 is 0. The smallest absolute Gasteiger partial charge is 1.00 e. The molecule has 1 aromatic rings. The quantitative estimate of drug-likeness (QED) is 0.308. The first-order chi connectivity index (χ1) is 4.70. The maximum Gasteiger partial charge on any atom is 1.00 e. The molecule has 1 rings (SSSR count). The molecule has 11 heavy (non-hydrogen) atoms. The van der Waals surface area contributed by atoms with Gasteiger partial charge in [0.15, 0.2) is 0 Å². The van der Waals surface area contributed by atoms with E-state index in [2.05, 4.69) is 0 Å². The van der Waals surface area contributed by atoms with Gasteiger partial charge in [-0.3, -0.25) is 10.1 Å². The second-order valence-corrected chi connectivity index (χ2v) is 1.78. The van der Waals surface area contributed by atoms with Crippen LogP contribution in [0.4, 0.5) is 5.69 Å². The van der Waals surface area contributed by atoms with Crippen molar-refractivity contribution in [2.75, 3.05) is 0 Å². The molecule has 0 radical (unpaired) electrons. The van der Waals surface area contributed by atoms with Crippen molar-refractivity contribution >= 4 is 5.69 Å². The van der Waals surface area contributed by atoms with E-state index >= 15 is 0 Å². The van der Waals surface area contributed by atoms with Crippen LogP contribution in [0.3, 0.4) is 0 Å². The zero-order valence-electron chi connectivity index (χ0n) is 7.02. The normalized spacial score (nSPS) is 8.36. The van der Waals surface area contributed by atoms with Gasteiger partial charge in [0.05, 0.1) is 11.0 Å². The van der Waals surface area contributed by atoms with E-state index in [1.807, 2.05) is 0 Å². The molecule has 0 aliphatic rings. The molecule has 1 N–H and O–H groups in total. The van der Waals surface area contributed by atoms with Crippen molar-refractivity contribution in [1.29, 1.82) is 0 Å². The van der Waals surface area contributed by atoms with Gasteiger partial charge < -0.3 is 6.53 Å². The molecular weight excluding hydrogens is 157 g/mol. The average Bonchev–Trinajstić information content (AvgIpc) is 1.88. The summed E-state index contributed by atoms with van der Waals surface area (Å²) in [6.45, 7) is 0. The van der Waals surface area contributed by atoms with E-state index in [-0.39, 0.29) is 42.4 Å². The van der Waals surface area contributed by atoms with E-state index in [1.54, 1.807) is 0 Å². The first-order valence-corrected chi connectivity index (χ1v) is 2.63. The summed E-state index contributed by atoms with van der Waals surface area (Å²) in [5.74, 6) is -0.0887. The van der Waals surface area contributed by atoms with Crippen molar-refractivity contribution in [3.05, 3.63) is 34.4 Å². The van der Waals surface area contributed by atoms with Crippen LogP contribution in [0, 0.1) is 10.1 Å². The number of hydrogen-bond donors (Lipinski definition) is 1. The number of hydrogen-bond acceptors (Lipinski definition) is 3. The van der Waals surface area contributed by atoms with E-state index in [0.717, 1.165) is 6.07 Å². The molecule has 0 saturated heterocycles. The van der Waals surface area contributed by atoms with Gasteiger partial charge in [-0.1, -0.05) is 6.07 Å². The van der Waals surface area contributed by atoms with Crippen molar-refractivity contribution in [3.8, 4) is 5.75 Å². The van der Waals surface area contributed by atoms with Gasteiger partial charge in [0.25, 0.3) is 5.69 Å². The van der Waals surface area contributed by atoms with Crippen molar-refractivity contribution < 1.29 is 41.0 Å². The van der Waals surface area contributed by atoms with E-state index in [1.165, 1.54) is 18.2 Å². The molecule has 0 aromatic heterocycles. The second-order valence-electron chi connectivity index (χ2n) is 1.78. The van der Waals surface area contributed by atoms with E-state index in [9.17, 15) is 10.1 Å². The van der Waals surface area contributed by atoms with Gasteiger partial charge in [-0.15, -0.1) is 0 Å². The molecule has 0 heterocycles. The molecule has 4 nitrogen and oxygen atoms in total. The van der Waals surface area contributed by atoms with Crippen molar-refractivity contribution in [1.82, 2.24) is 0 Å². The molecule has 0 aliphatic carbocycles. The van der Waals surface area contributed by atoms with Crippen LogP contribution in [0.15, 0.2) is 24.3 Å². The Bertz CT molecular complexity index is 269. The van der Waals surface area contributed by atoms with Crippen molar-refractivity contribution in [2.45, 2.75) is 0 Å². The minimum absolute atomic E-state index is 0. The Labute approximate surface area is 86.8 Å². The van der Waals surface area contributed by atoms with Crippen molar-refractivity contribution in [2.24, 2.45) is 0 Å². The average molecular weight is 163 g/mol. The number of phenols is 1. The molecular formula is C6H6NNaO3. The first kappa shape index (κ1) is 10.4. The Kier molecular flexibility index (Phi) is 4.10. The Morgan fingerprint density at radius 2 is 2.18 bits per heavy atom. The number of non-ortho nitro benzene ring substituents is 1. The van der Waals surface area contributed by atoms with Crippen LogP contribution in [0.25, 0.3) is 0 Å². The summed E-state index contributed by atoms with van der Waals surface area (Å²) in [5, 5.41) is 18.8. The number of benzene rings is 1. The number of rotatable bonds is 1. The maximum atomic E-state index is 10.0. The Morgan fingerprint density at radius 1 is 1.55 bits per heavy atom. The second kappa shape index (κ2) is 4.33. The third-order valence-electron chi connectivity index (χ3n) is 1.04. The van der Waals surface area contributed by atoms with Gasteiger partial charge in [-0.05, 0) is 6.07 Å². The van der Waals surface area contributed by atoms with Crippen LogP contribution < -0.4 is 29.6 Å². The summed E-state index contributed by atoms with van der Waals surface area (Å²) in [6, 6.07) is 5.22. The van der Waals surface area contributed by atoms with Gasteiger partial charge in [0, 0.05) is 6.07 Å². The molecule has 0 aliphatic heterocycles. The SMILES string of the molecule is O=[N+]([O-])c1cccc(O)c1.[H-].[Na+]. The van der Waals surface area contributed by atoms with Crippen LogP contribution in [0.5, 0.6) is 5.75 Å². The molecule has 54 valence electrons. The van der Waals surface area contributed by atoms with Gasteiger partial charge in [-0.25, -0.2) is 0 Å².